The molecule has 3 nitrogen and oxygen atoms in total. The van der Waals surface area contributed by atoms with Gasteiger partial charge in [0.25, 0.3) is 0 Å². The molecule has 1 aliphatic heterocycles. The second kappa shape index (κ2) is 5.65. The van der Waals surface area contributed by atoms with Gasteiger partial charge in [-0.25, -0.2) is 0 Å². The van der Waals surface area contributed by atoms with Crippen LogP contribution in [0.2, 0.25) is 0 Å². The number of methoxy groups -OCH3 is 1. The zero-order valence-corrected chi connectivity index (χ0v) is 13.7. The number of hydrogen-bond donors (Lipinski definition) is 0. The first-order valence-corrected chi connectivity index (χ1v) is 7.43. The van der Waals surface area contributed by atoms with Crippen molar-refractivity contribution in [1.82, 2.24) is 4.90 Å². The van der Waals surface area contributed by atoms with Crippen LogP contribution in [0.5, 0.6) is 5.75 Å². The number of ether oxygens (including phenoxy) is 1. The van der Waals surface area contributed by atoms with Crippen molar-refractivity contribution in [2.45, 2.75) is 38.6 Å². The van der Waals surface area contributed by atoms with E-state index >= 15 is 0 Å². The van der Waals surface area contributed by atoms with Crippen LogP contribution in [0.3, 0.4) is 0 Å². The molecule has 1 unspecified atom stereocenters. The molecule has 0 spiro atoms. The number of benzene rings is 1. The summed E-state index contributed by atoms with van der Waals surface area (Å²) in [5.41, 5.74) is 2.70. The van der Waals surface area contributed by atoms with Crippen molar-refractivity contribution in [2.24, 2.45) is 0 Å². The Hall–Kier alpha value is -1.22. The summed E-state index contributed by atoms with van der Waals surface area (Å²) in [6.07, 6.45) is 1.22. The van der Waals surface area contributed by atoms with Crippen LogP contribution in [0.15, 0.2) is 18.2 Å². The topological polar surface area (TPSA) is 15.7 Å². The molecule has 0 amide bonds. The Bertz CT molecular complexity index is 463. The van der Waals surface area contributed by atoms with E-state index < -0.39 is 0 Å². The highest BCUT2D eigenvalue weighted by Gasteiger charge is 2.26. The maximum absolute atomic E-state index is 5.63. The first-order valence-electron chi connectivity index (χ1n) is 7.43. The summed E-state index contributed by atoms with van der Waals surface area (Å²) in [5.74, 6) is 0.997. The highest BCUT2D eigenvalue weighted by atomic mass is 16.5. The number of hydrogen-bond acceptors (Lipinski definition) is 3. The molecule has 0 aromatic heterocycles. The molecule has 0 bridgehead atoms. The van der Waals surface area contributed by atoms with Gasteiger partial charge in [-0.1, -0.05) is 26.8 Å². The summed E-state index contributed by atoms with van der Waals surface area (Å²) in [6.45, 7) is 8.89. The molecule has 112 valence electrons. The van der Waals surface area contributed by atoms with E-state index in [1.807, 2.05) is 0 Å². The summed E-state index contributed by atoms with van der Waals surface area (Å²) < 4.78 is 5.63. The lowest BCUT2D eigenvalue weighted by molar-refractivity contribution is 0.315. The average molecular weight is 276 g/mol. The van der Waals surface area contributed by atoms with Crippen molar-refractivity contribution >= 4 is 5.69 Å². The highest BCUT2D eigenvalue weighted by Crippen LogP contribution is 2.35. The first-order chi connectivity index (χ1) is 9.32. The molecule has 0 N–H and O–H groups in total. The standard InChI is InChI=1S/C17H28N2O/c1-17(2,3)13-7-8-15(16(11-13)20-6)19-10-9-14(12-19)18(4)5/h7-8,11,14H,9-10,12H2,1-6H3. The molecule has 1 heterocycles. The Morgan fingerprint density at radius 3 is 2.45 bits per heavy atom. The van der Waals surface area contributed by atoms with Crippen molar-refractivity contribution in [2.75, 3.05) is 39.2 Å². The molecule has 0 saturated carbocycles. The smallest absolute Gasteiger partial charge is 0.142 e. The van der Waals surface area contributed by atoms with E-state index in [1.165, 1.54) is 17.7 Å². The zero-order valence-electron chi connectivity index (χ0n) is 13.7. The minimum atomic E-state index is 0.156. The Kier molecular flexibility index (Phi) is 4.28. The fourth-order valence-electron chi connectivity index (χ4n) is 2.79. The lowest BCUT2D eigenvalue weighted by Crippen LogP contribution is -2.31. The lowest BCUT2D eigenvalue weighted by Gasteiger charge is -2.26. The Balaban J connectivity index is 2.25. The molecule has 2 rings (SSSR count). The van der Waals surface area contributed by atoms with E-state index in [0.29, 0.717) is 6.04 Å². The Morgan fingerprint density at radius 2 is 1.95 bits per heavy atom. The third kappa shape index (κ3) is 3.09. The van der Waals surface area contributed by atoms with E-state index in [1.54, 1.807) is 7.11 Å². The van der Waals surface area contributed by atoms with Crippen LogP contribution in [0.25, 0.3) is 0 Å². The van der Waals surface area contributed by atoms with Gasteiger partial charge in [0.2, 0.25) is 0 Å². The number of anilines is 1. The zero-order chi connectivity index (χ0) is 14.9. The average Bonchev–Trinajstić information content (AvgIpc) is 2.86. The van der Waals surface area contributed by atoms with Crippen molar-refractivity contribution in [1.29, 1.82) is 0 Å². The van der Waals surface area contributed by atoms with Crippen LogP contribution >= 0.6 is 0 Å². The predicted octanol–water partition coefficient (Wildman–Crippen LogP) is 3.13. The predicted molar refractivity (Wildman–Crippen MR) is 86.0 cm³/mol. The van der Waals surface area contributed by atoms with Gasteiger partial charge in [-0.05, 0) is 43.6 Å². The number of rotatable bonds is 3. The quantitative estimate of drug-likeness (QED) is 0.843. The van der Waals surface area contributed by atoms with E-state index in [-0.39, 0.29) is 5.41 Å². The molecule has 1 fully saturated rings. The Labute approximate surface area is 123 Å². The summed E-state index contributed by atoms with van der Waals surface area (Å²) in [7, 11) is 6.09. The van der Waals surface area contributed by atoms with Gasteiger partial charge >= 0.3 is 0 Å². The van der Waals surface area contributed by atoms with Gasteiger partial charge in [0, 0.05) is 19.1 Å². The van der Waals surface area contributed by atoms with Crippen LogP contribution in [0, 0.1) is 0 Å². The molecule has 1 saturated heterocycles. The van der Waals surface area contributed by atoms with E-state index in [4.69, 9.17) is 4.74 Å². The molecule has 1 aliphatic rings. The second-order valence-electron chi connectivity index (χ2n) is 6.99. The SMILES string of the molecule is COc1cc(C(C)(C)C)ccc1N1CCC(N(C)C)C1. The van der Waals surface area contributed by atoms with E-state index in [9.17, 15) is 0 Å². The van der Waals surface area contributed by atoms with Crippen molar-refractivity contribution in [3.63, 3.8) is 0 Å². The van der Waals surface area contributed by atoms with Gasteiger partial charge in [0.1, 0.15) is 5.75 Å². The van der Waals surface area contributed by atoms with Gasteiger partial charge in [-0.3, -0.25) is 0 Å². The fourth-order valence-corrected chi connectivity index (χ4v) is 2.79. The molecule has 1 atom stereocenters. The molecule has 20 heavy (non-hydrogen) atoms. The molecular formula is C17H28N2O. The summed E-state index contributed by atoms with van der Waals surface area (Å²) in [4.78, 5) is 4.76. The molecule has 1 aromatic carbocycles. The monoisotopic (exact) mass is 276 g/mol. The highest BCUT2D eigenvalue weighted by molar-refractivity contribution is 5.61. The first kappa shape index (κ1) is 15.2. The van der Waals surface area contributed by atoms with Crippen LogP contribution < -0.4 is 9.64 Å². The van der Waals surface area contributed by atoms with Crippen molar-refractivity contribution in [3.05, 3.63) is 23.8 Å². The molecule has 1 aromatic rings. The van der Waals surface area contributed by atoms with Gasteiger partial charge in [0.15, 0.2) is 0 Å². The van der Waals surface area contributed by atoms with Crippen LogP contribution in [0.1, 0.15) is 32.8 Å². The Morgan fingerprint density at radius 1 is 1.25 bits per heavy atom. The summed E-state index contributed by atoms with van der Waals surface area (Å²) in [6, 6.07) is 7.29. The molecule has 0 radical (unpaired) electrons. The number of nitrogens with zero attached hydrogens (tertiary/aromatic N) is 2. The molecule has 0 aliphatic carbocycles. The largest absolute Gasteiger partial charge is 0.495 e. The number of likely N-dealkylation sites (N-methyl/N-ethyl adjacent to an activating group) is 1. The third-order valence-corrected chi connectivity index (χ3v) is 4.28. The minimum Gasteiger partial charge on any atom is -0.495 e. The van der Waals surface area contributed by atoms with Gasteiger partial charge in [-0.2, -0.15) is 0 Å². The summed E-state index contributed by atoms with van der Waals surface area (Å²) in [5, 5.41) is 0. The van der Waals surface area contributed by atoms with E-state index in [0.717, 1.165) is 18.8 Å². The summed E-state index contributed by atoms with van der Waals surface area (Å²) >= 11 is 0. The molecular weight excluding hydrogens is 248 g/mol. The fraction of sp³-hybridized carbons (Fsp3) is 0.647. The third-order valence-electron chi connectivity index (χ3n) is 4.28. The van der Waals surface area contributed by atoms with Crippen molar-refractivity contribution < 1.29 is 4.74 Å². The second-order valence-corrected chi connectivity index (χ2v) is 6.99. The molecule has 3 heteroatoms. The van der Waals surface area contributed by atoms with Gasteiger partial charge < -0.3 is 14.5 Å². The maximum Gasteiger partial charge on any atom is 0.142 e. The van der Waals surface area contributed by atoms with Gasteiger partial charge in [-0.15, -0.1) is 0 Å². The van der Waals surface area contributed by atoms with E-state index in [2.05, 4.69) is 62.9 Å². The normalized spacial score (nSPS) is 19.8. The van der Waals surface area contributed by atoms with Crippen LogP contribution in [0.4, 0.5) is 5.69 Å². The van der Waals surface area contributed by atoms with Crippen molar-refractivity contribution in [3.8, 4) is 5.75 Å². The maximum atomic E-state index is 5.63. The van der Waals surface area contributed by atoms with Gasteiger partial charge in [0.05, 0.1) is 12.8 Å². The van der Waals surface area contributed by atoms with Crippen LogP contribution in [-0.2, 0) is 5.41 Å². The lowest BCUT2D eigenvalue weighted by atomic mass is 9.87. The van der Waals surface area contributed by atoms with Crippen LogP contribution in [-0.4, -0.2) is 45.2 Å². The minimum absolute atomic E-state index is 0.156.